The Hall–Kier alpha value is -1.55. The molecular formula is C17H26O3Si. The van der Waals surface area contributed by atoms with Gasteiger partial charge in [0.2, 0.25) is 0 Å². The summed E-state index contributed by atoms with van der Waals surface area (Å²) in [6.45, 7) is 7.09. The third-order valence-corrected chi connectivity index (χ3v) is 10.0. The van der Waals surface area contributed by atoms with Gasteiger partial charge in [-0.2, -0.15) is 0 Å². The van der Waals surface area contributed by atoms with Crippen LogP contribution in [0, 0.1) is 0 Å². The van der Waals surface area contributed by atoms with Gasteiger partial charge in [0, 0.05) is 0 Å². The van der Waals surface area contributed by atoms with Gasteiger partial charge in [0.25, 0.3) is 0 Å². The minimum atomic E-state index is -1.54. The van der Waals surface area contributed by atoms with Crippen molar-refractivity contribution in [3.63, 3.8) is 0 Å². The number of carbonyl (C=O) groups is 1. The summed E-state index contributed by atoms with van der Waals surface area (Å²) in [7, 11) is -0.214. The Kier molecular flexibility index (Phi) is 7.23. The van der Waals surface area contributed by atoms with E-state index in [-0.39, 0.29) is 6.61 Å². The van der Waals surface area contributed by atoms with E-state index in [1.165, 1.54) is 36.0 Å². The zero-order chi connectivity index (χ0) is 15.7. The van der Waals surface area contributed by atoms with Gasteiger partial charge >= 0.3 is 6.16 Å². The molecule has 4 heteroatoms. The number of hydrogen-bond acceptors (Lipinski definition) is 3. The first-order valence-corrected chi connectivity index (χ1v) is 10.2. The van der Waals surface area contributed by atoms with E-state index in [1.807, 2.05) is 6.07 Å². The van der Waals surface area contributed by atoms with Crippen LogP contribution in [0.3, 0.4) is 0 Å². The standard InChI is InChI=1S/C17H26O3Si/c1-5-21(6-2,7-3)16(13-14-20-17(18)19-4)15-11-9-8-10-12-15/h8-13H,5-7,14H2,1-4H3/b16-13-. The molecule has 0 N–H and O–H groups in total. The summed E-state index contributed by atoms with van der Waals surface area (Å²) < 4.78 is 9.58. The first-order valence-electron chi connectivity index (χ1n) is 7.60. The van der Waals surface area contributed by atoms with Crippen LogP contribution in [-0.4, -0.2) is 27.9 Å². The Balaban J connectivity index is 3.11. The van der Waals surface area contributed by atoms with Crippen LogP contribution in [-0.2, 0) is 9.47 Å². The lowest BCUT2D eigenvalue weighted by Crippen LogP contribution is -2.34. The lowest BCUT2D eigenvalue weighted by atomic mass is 10.2. The third-order valence-electron chi connectivity index (χ3n) is 4.34. The second-order valence-corrected chi connectivity index (χ2v) is 10.3. The van der Waals surface area contributed by atoms with Gasteiger partial charge in [0.05, 0.1) is 15.2 Å². The van der Waals surface area contributed by atoms with Crippen LogP contribution in [0.5, 0.6) is 0 Å². The molecule has 0 saturated heterocycles. The van der Waals surface area contributed by atoms with Gasteiger partial charge < -0.3 is 9.47 Å². The molecule has 0 aliphatic rings. The minimum Gasteiger partial charge on any atom is -0.438 e. The maximum atomic E-state index is 11.1. The maximum Gasteiger partial charge on any atom is 0.508 e. The SMILES string of the molecule is CC[Si](CC)(CC)/C(=C\COC(=O)OC)c1ccccc1. The van der Waals surface area contributed by atoms with Crippen molar-refractivity contribution in [2.75, 3.05) is 13.7 Å². The minimum absolute atomic E-state index is 0.269. The molecule has 0 bridgehead atoms. The molecule has 0 aromatic heterocycles. The van der Waals surface area contributed by atoms with Gasteiger partial charge in [0.15, 0.2) is 0 Å². The largest absolute Gasteiger partial charge is 0.508 e. The quantitative estimate of drug-likeness (QED) is 0.531. The molecule has 116 valence electrons. The summed E-state index contributed by atoms with van der Waals surface area (Å²) in [6.07, 6.45) is 1.45. The fourth-order valence-electron chi connectivity index (χ4n) is 2.83. The van der Waals surface area contributed by atoms with Crippen LogP contribution < -0.4 is 0 Å². The van der Waals surface area contributed by atoms with E-state index < -0.39 is 14.2 Å². The summed E-state index contributed by atoms with van der Waals surface area (Å²) in [4.78, 5) is 11.1. The number of benzene rings is 1. The van der Waals surface area contributed by atoms with E-state index >= 15 is 0 Å². The molecule has 3 nitrogen and oxygen atoms in total. The van der Waals surface area contributed by atoms with Crippen LogP contribution in [0.2, 0.25) is 18.1 Å². The van der Waals surface area contributed by atoms with Crippen LogP contribution in [0.25, 0.3) is 5.20 Å². The van der Waals surface area contributed by atoms with Crippen molar-refractivity contribution in [2.45, 2.75) is 38.9 Å². The predicted octanol–water partition coefficient (Wildman–Crippen LogP) is 4.90. The van der Waals surface area contributed by atoms with Gasteiger partial charge in [0.1, 0.15) is 6.61 Å². The zero-order valence-corrected chi connectivity index (χ0v) is 14.5. The number of hydrogen-bond donors (Lipinski definition) is 0. The van der Waals surface area contributed by atoms with Crippen molar-refractivity contribution in [1.82, 2.24) is 0 Å². The Bertz CT molecular complexity index is 456. The van der Waals surface area contributed by atoms with Crippen LogP contribution in [0.15, 0.2) is 36.4 Å². The molecule has 21 heavy (non-hydrogen) atoms. The summed E-state index contributed by atoms with van der Waals surface area (Å²) in [5, 5.41) is 1.39. The highest BCUT2D eigenvalue weighted by Crippen LogP contribution is 2.35. The van der Waals surface area contributed by atoms with E-state index in [0.717, 1.165) is 0 Å². The smallest absolute Gasteiger partial charge is 0.438 e. The van der Waals surface area contributed by atoms with Crippen molar-refractivity contribution in [3.05, 3.63) is 42.0 Å². The van der Waals surface area contributed by atoms with Crippen LogP contribution in [0.1, 0.15) is 26.3 Å². The summed E-state index contributed by atoms with van der Waals surface area (Å²) in [5.74, 6) is 0. The highest BCUT2D eigenvalue weighted by molar-refractivity contribution is 6.96. The van der Waals surface area contributed by atoms with Crippen molar-refractivity contribution in [2.24, 2.45) is 0 Å². The number of carbonyl (C=O) groups excluding carboxylic acids is 1. The Labute approximate surface area is 129 Å². The summed E-state index contributed by atoms with van der Waals surface area (Å²) in [6, 6.07) is 14.0. The Morgan fingerprint density at radius 2 is 1.67 bits per heavy atom. The molecule has 0 amide bonds. The molecule has 0 atom stereocenters. The van der Waals surface area contributed by atoms with Gasteiger partial charge in [-0.05, 0) is 11.6 Å². The first kappa shape index (κ1) is 17.5. The van der Waals surface area contributed by atoms with Crippen molar-refractivity contribution >= 4 is 19.4 Å². The number of methoxy groups -OCH3 is 1. The van der Waals surface area contributed by atoms with Crippen molar-refractivity contribution in [1.29, 1.82) is 0 Å². The van der Waals surface area contributed by atoms with E-state index in [4.69, 9.17) is 4.74 Å². The van der Waals surface area contributed by atoms with Gasteiger partial charge in [-0.15, -0.1) is 0 Å². The Morgan fingerprint density at radius 3 is 2.14 bits per heavy atom. The molecule has 1 rings (SSSR count). The van der Waals surface area contributed by atoms with Gasteiger partial charge in [-0.3, -0.25) is 0 Å². The first-order chi connectivity index (χ1) is 10.1. The fourth-order valence-corrected chi connectivity index (χ4v) is 6.77. The summed E-state index contributed by atoms with van der Waals surface area (Å²) in [5.41, 5.74) is 1.25. The molecule has 0 aliphatic carbocycles. The van der Waals surface area contributed by atoms with Gasteiger partial charge in [-0.25, -0.2) is 4.79 Å². The molecule has 0 unspecified atom stereocenters. The highest BCUT2D eigenvalue weighted by Gasteiger charge is 2.32. The second kappa shape index (κ2) is 8.67. The lowest BCUT2D eigenvalue weighted by molar-refractivity contribution is 0.0819. The molecule has 1 aromatic rings. The van der Waals surface area contributed by atoms with E-state index in [1.54, 1.807) is 0 Å². The van der Waals surface area contributed by atoms with E-state index in [0.29, 0.717) is 0 Å². The fraction of sp³-hybridized carbons (Fsp3) is 0.471. The average Bonchev–Trinajstić information content (AvgIpc) is 2.55. The topological polar surface area (TPSA) is 35.5 Å². The predicted molar refractivity (Wildman–Crippen MR) is 90.0 cm³/mol. The molecule has 0 saturated carbocycles. The zero-order valence-electron chi connectivity index (χ0n) is 13.5. The molecule has 1 aromatic carbocycles. The lowest BCUT2D eigenvalue weighted by Gasteiger charge is -2.32. The highest BCUT2D eigenvalue weighted by atomic mass is 28.3. The van der Waals surface area contributed by atoms with E-state index in [9.17, 15) is 4.79 Å². The summed E-state index contributed by atoms with van der Waals surface area (Å²) >= 11 is 0. The van der Waals surface area contributed by atoms with Gasteiger partial charge in [-0.1, -0.05) is 74.4 Å². The van der Waals surface area contributed by atoms with Crippen molar-refractivity contribution in [3.8, 4) is 0 Å². The number of rotatable bonds is 7. The van der Waals surface area contributed by atoms with Crippen molar-refractivity contribution < 1.29 is 14.3 Å². The molecule has 0 radical (unpaired) electrons. The molecule has 0 spiro atoms. The molecule has 0 fully saturated rings. The third kappa shape index (κ3) is 4.46. The average molecular weight is 306 g/mol. The second-order valence-electron chi connectivity index (χ2n) is 5.09. The van der Waals surface area contributed by atoms with Crippen LogP contribution in [0.4, 0.5) is 4.79 Å². The Morgan fingerprint density at radius 1 is 1.10 bits per heavy atom. The van der Waals surface area contributed by atoms with E-state index in [2.05, 4.69) is 55.8 Å². The molecule has 0 heterocycles. The monoisotopic (exact) mass is 306 g/mol. The number of ether oxygens (including phenoxy) is 2. The van der Waals surface area contributed by atoms with Crippen LogP contribution >= 0.6 is 0 Å². The maximum absolute atomic E-state index is 11.1. The molecular weight excluding hydrogens is 280 g/mol. The molecule has 0 aliphatic heterocycles. The normalized spacial score (nSPS) is 12.1.